The van der Waals surface area contributed by atoms with E-state index in [1.54, 1.807) is 0 Å². The number of hydrogen-bond donors (Lipinski definition) is 2. The minimum absolute atomic E-state index is 0.350. The maximum Gasteiger partial charge on any atom is 0.0456 e. The Bertz CT molecular complexity index is 470. The largest absolute Gasteiger partial charge is 0.361 e. The van der Waals surface area contributed by atoms with Crippen LogP contribution in [0.25, 0.3) is 10.9 Å². The lowest BCUT2D eigenvalue weighted by Gasteiger charge is -2.21. The molecule has 1 atom stereocenters. The van der Waals surface area contributed by atoms with Crippen molar-refractivity contribution in [3.63, 3.8) is 0 Å². The van der Waals surface area contributed by atoms with Crippen molar-refractivity contribution in [1.82, 2.24) is 4.98 Å². The van der Waals surface area contributed by atoms with E-state index in [-0.39, 0.29) is 0 Å². The Morgan fingerprint density at radius 1 is 1.29 bits per heavy atom. The first-order valence-electron chi connectivity index (χ1n) is 5.18. The third-order valence-electron chi connectivity index (χ3n) is 3.19. The molecule has 0 amide bonds. The van der Waals surface area contributed by atoms with Crippen LogP contribution in [-0.2, 0) is 12.8 Å². The van der Waals surface area contributed by atoms with Gasteiger partial charge in [0.05, 0.1) is 0 Å². The molecule has 2 heteroatoms. The maximum absolute atomic E-state index is 6.00. The summed E-state index contributed by atoms with van der Waals surface area (Å²) in [6.45, 7) is 0. The van der Waals surface area contributed by atoms with Gasteiger partial charge in [0.2, 0.25) is 0 Å². The van der Waals surface area contributed by atoms with Crippen LogP contribution in [0.4, 0.5) is 0 Å². The molecule has 3 rings (SSSR count). The highest BCUT2D eigenvalue weighted by molar-refractivity contribution is 5.84. The smallest absolute Gasteiger partial charge is 0.0456 e. The van der Waals surface area contributed by atoms with E-state index < -0.39 is 0 Å². The van der Waals surface area contributed by atoms with Gasteiger partial charge in [-0.2, -0.15) is 0 Å². The normalized spacial score (nSPS) is 21.1. The van der Waals surface area contributed by atoms with Crippen molar-refractivity contribution in [3.8, 4) is 0 Å². The Morgan fingerprint density at radius 3 is 3.14 bits per heavy atom. The molecule has 3 N–H and O–H groups in total. The number of aromatic amines is 1. The molecule has 0 saturated carbocycles. The van der Waals surface area contributed by atoms with E-state index in [9.17, 15) is 0 Å². The van der Waals surface area contributed by atoms with Crippen LogP contribution in [0.2, 0.25) is 0 Å². The molecule has 0 aliphatic heterocycles. The van der Waals surface area contributed by atoms with E-state index in [4.69, 9.17) is 5.73 Å². The molecule has 2 nitrogen and oxygen atoms in total. The third-order valence-corrected chi connectivity index (χ3v) is 3.19. The van der Waals surface area contributed by atoms with E-state index in [2.05, 4.69) is 23.2 Å². The molecule has 0 bridgehead atoms. The minimum atomic E-state index is 0.350. The van der Waals surface area contributed by atoms with Crippen molar-refractivity contribution in [2.75, 3.05) is 0 Å². The Hall–Kier alpha value is -1.28. The Morgan fingerprint density at radius 2 is 2.21 bits per heavy atom. The van der Waals surface area contributed by atoms with E-state index in [1.165, 1.54) is 22.0 Å². The van der Waals surface area contributed by atoms with Crippen molar-refractivity contribution in [2.45, 2.75) is 25.3 Å². The summed E-state index contributed by atoms with van der Waals surface area (Å²) in [5.74, 6) is 0. The zero-order valence-corrected chi connectivity index (χ0v) is 8.09. The van der Waals surface area contributed by atoms with Crippen LogP contribution in [0.15, 0.2) is 24.4 Å². The van der Waals surface area contributed by atoms with Gasteiger partial charge in [0.15, 0.2) is 0 Å². The minimum Gasteiger partial charge on any atom is -0.361 e. The summed E-state index contributed by atoms with van der Waals surface area (Å²) in [5, 5.41) is 1.36. The fraction of sp³-hybridized carbons (Fsp3) is 0.333. The molecule has 0 fully saturated rings. The molecule has 72 valence electrons. The molecule has 14 heavy (non-hydrogen) atoms. The number of fused-ring (bicyclic) bond motifs is 3. The zero-order valence-electron chi connectivity index (χ0n) is 8.09. The van der Waals surface area contributed by atoms with Gasteiger partial charge in [-0.3, -0.25) is 0 Å². The van der Waals surface area contributed by atoms with Crippen molar-refractivity contribution in [3.05, 3.63) is 35.5 Å². The van der Waals surface area contributed by atoms with E-state index >= 15 is 0 Å². The number of H-pyrrole nitrogens is 1. The van der Waals surface area contributed by atoms with Crippen molar-refractivity contribution < 1.29 is 0 Å². The summed E-state index contributed by atoms with van der Waals surface area (Å²) in [7, 11) is 0. The first-order chi connectivity index (χ1) is 6.84. The lowest BCUT2D eigenvalue weighted by atomic mass is 9.87. The molecular formula is C12H14N2. The fourth-order valence-corrected chi connectivity index (χ4v) is 2.42. The number of aromatic nitrogens is 1. The van der Waals surface area contributed by atoms with Crippen molar-refractivity contribution >= 4 is 10.9 Å². The van der Waals surface area contributed by atoms with Crippen LogP contribution in [-0.4, -0.2) is 11.0 Å². The summed E-state index contributed by atoms with van der Waals surface area (Å²) < 4.78 is 0. The Balaban J connectivity index is 2.26. The highest BCUT2D eigenvalue weighted by Crippen LogP contribution is 2.27. The number of aryl methyl sites for hydroxylation is 1. The molecule has 1 aliphatic carbocycles. The SMILES string of the molecule is NC1CCc2ccc3[nH]ccc3c2C1. The predicted molar refractivity (Wildman–Crippen MR) is 58.3 cm³/mol. The van der Waals surface area contributed by atoms with Crippen molar-refractivity contribution in [1.29, 1.82) is 0 Å². The molecule has 1 aromatic carbocycles. The number of rotatable bonds is 0. The molecule has 1 unspecified atom stereocenters. The van der Waals surface area contributed by atoms with Gasteiger partial charge in [0.25, 0.3) is 0 Å². The predicted octanol–water partition coefficient (Wildman–Crippen LogP) is 1.98. The van der Waals surface area contributed by atoms with E-state index in [0.717, 1.165) is 19.3 Å². The monoisotopic (exact) mass is 186 g/mol. The average Bonchev–Trinajstić information content (AvgIpc) is 2.65. The van der Waals surface area contributed by atoms with Crippen LogP contribution in [0.3, 0.4) is 0 Å². The summed E-state index contributed by atoms with van der Waals surface area (Å²) in [4.78, 5) is 3.24. The quantitative estimate of drug-likeness (QED) is 0.649. The first-order valence-corrected chi connectivity index (χ1v) is 5.18. The summed E-state index contributed by atoms with van der Waals surface area (Å²) in [6, 6.07) is 6.92. The molecule has 1 aliphatic rings. The molecule has 1 heterocycles. The van der Waals surface area contributed by atoms with Crippen LogP contribution in [0, 0.1) is 0 Å². The van der Waals surface area contributed by atoms with Crippen LogP contribution >= 0.6 is 0 Å². The Kier molecular flexibility index (Phi) is 1.64. The van der Waals surface area contributed by atoms with E-state index in [1.807, 2.05) is 6.20 Å². The molecule has 0 saturated heterocycles. The number of nitrogens with two attached hydrogens (primary N) is 1. The number of hydrogen-bond acceptors (Lipinski definition) is 1. The van der Waals surface area contributed by atoms with Gasteiger partial charge in [-0.15, -0.1) is 0 Å². The van der Waals surface area contributed by atoms with Crippen LogP contribution < -0.4 is 5.73 Å². The average molecular weight is 186 g/mol. The summed E-state index contributed by atoms with van der Waals surface area (Å²) in [6.07, 6.45) is 5.30. The second kappa shape index (κ2) is 2.85. The lowest BCUT2D eigenvalue weighted by Crippen LogP contribution is -2.27. The molecular weight excluding hydrogens is 172 g/mol. The Labute approximate surface area is 83.1 Å². The van der Waals surface area contributed by atoms with Crippen molar-refractivity contribution in [2.24, 2.45) is 5.73 Å². The standard InChI is InChI=1S/C12H14N2/c13-9-3-1-8-2-4-12-10(5-6-14-12)11(8)7-9/h2,4-6,9,14H,1,3,7,13H2. The van der Waals surface area contributed by atoms with Gasteiger partial charge in [0.1, 0.15) is 0 Å². The van der Waals surface area contributed by atoms with Gasteiger partial charge in [-0.1, -0.05) is 6.07 Å². The van der Waals surface area contributed by atoms with Crippen LogP contribution in [0.1, 0.15) is 17.5 Å². The first kappa shape index (κ1) is 8.06. The maximum atomic E-state index is 6.00. The highest BCUT2D eigenvalue weighted by Gasteiger charge is 2.17. The summed E-state index contributed by atoms with van der Waals surface area (Å²) in [5.41, 5.74) is 10.2. The highest BCUT2D eigenvalue weighted by atomic mass is 14.7. The third kappa shape index (κ3) is 1.07. The molecule has 0 radical (unpaired) electrons. The zero-order chi connectivity index (χ0) is 9.54. The molecule has 1 aromatic heterocycles. The molecule has 0 spiro atoms. The topological polar surface area (TPSA) is 41.8 Å². The van der Waals surface area contributed by atoms with Gasteiger partial charge < -0.3 is 10.7 Å². The second-order valence-electron chi connectivity index (χ2n) is 4.15. The lowest BCUT2D eigenvalue weighted by molar-refractivity contribution is 0.579. The van der Waals surface area contributed by atoms with E-state index in [0.29, 0.717) is 6.04 Å². The second-order valence-corrected chi connectivity index (χ2v) is 4.15. The van der Waals surface area contributed by atoms with Gasteiger partial charge in [-0.25, -0.2) is 0 Å². The van der Waals surface area contributed by atoms with Gasteiger partial charge in [-0.05, 0) is 42.5 Å². The van der Waals surface area contributed by atoms with Gasteiger partial charge >= 0.3 is 0 Å². The summed E-state index contributed by atoms with van der Waals surface area (Å²) >= 11 is 0. The van der Waals surface area contributed by atoms with Gasteiger partial charge in [0, 0.05) is 23.1 Å². The number of nitrogens with one attached hydrogen (secondary N) is 1. The van der Waals surface area contributed by atoms with Crippen LogP contribution in [0.5, 0.6) is 0 Å². The fourth-order valence-electron chi connectivity index (χ4n) is 2.42. The number of benzene rings is 1. The molecule has 2 aromatic rings.